The smallest absolute Gasteiger partial charge is 0.221 e. The lowest BCUT2D eigenvalue weighted by atomic mass is 9.96. The number of hydrogen-bond donors (Lipinski definition) is 1. The molecule has 2 fully saturated rings. The van der Waals surface area contributed by atoms with Gasteiger partial charge in [0, 0.05) is 65.3 Å². The summed E-state index contributed by atoms with van der Waals surface area (Å²) in [5, 5.41) is 3.08. The van der Waals surface area contributed by atoms with Gasteiger partial charge in [0.25, 0.3) is 0 Å². The second-order valence-corrected chi connectivity index (χ2v) is 8.66. The van der Waals surface area contributed by atoms with Crippen molar-refractivity contribution in [3.8, 4) is 0 Å². The summed E-state index contributed by atoms with van der Waals surface area (Å²) < 4.78 is 5.37. The van der Waals surface area contributed by atoms with Crippen molar-refractivity contribution in [1.82, 2.24) is 20.0 Å². The van der Waals surface area contributed by atoms with Crippen molar-refractivity contribution in [2.75, 3.05) is 72.1 Å². The first-order valence-electron chi connectivity index (χ1n) is 11.9. The van der Waals surface area contributed by atoms with Crippen molar-refractivity contribution in [1.29, 1.82) is 0 Å². The summed E-state index contributed by atoms with van der Waals surface area (Å²) in [6.07, 6.45) is 0.573. The summed E-state index contributed by atoms with van der Waals surface area (Å²) in [6, 6.07) is 21.8. The lowest BCUT2D eigenvalue weighted by Gasteiger charge is -2.39. The first kappa shape index (κ1) is 22.9. The predicted octanol–water partition coefficient (Wildman–Crippen LogP) is 2.23. The molecule has 0 spiro atoms. The van der Waals surface area contributed by atoms with Crippen LogP contribution in [0.1, 0.15) is 23.6 Å². The summed E-state index contributed by atoms with van der Waals surface area (Å²) in [7, 11) is 0. The lowest BCUT2D eigenvalue weighted by molar-refractivity contribution is -0.121. The van der Waals surface area contributed by atoms with E-state index in [1.807, 2.05) is 0 Å². The fourth-order valence-corrected chi connectivity index (χ4v) is 4.66. The van der Waals surface area contributed by atoms with Crippen molar-refractivity contribution in [2.24, 2.45) is 0 Å². The molecule has 2 aromatic carbocycles. The van der Waals surface area contributed by atoms with Gasteiger partial charge in [0.05, 0.1) is 19.3 Å². The molecular formula is C26H36N4O2. The molecule has 4 rings (SSSR count). The highest BCUT2D eigenvalue weighted by Gasteiger charge is 2.26. The number of nitrogens with zero attached hydrogens (tertiary/aromatic N) is 3. The molecule has 0 unspecified atom stereocenters. The largest absolute Gasteiger partial charge is 0.379 e. The maximum absolute atomic E-state index is 12.3. The SMILES string of the molecule is O=C(CCN1CCN(C(c2ccccc2)c2ccccc2)CC1)NCCN1CCOCC1. The van der Waals surface area contributed by atoms with Gasteiger partial charge in [-0.1, -0.05) is 60.7 Å². The van der Waals surface area contributed by atoms with E-state index in [2.05, 4.69) is 80.7 Å². The second kappa shape index (κ2) is 12.1. The molecule has 6 heteroatoms. The van der Waals surface area contributed by atoms with E-state index < -0.39 is 0 Å². The van der Waals surface area contributed by atoms with E-state index in [9.17, 15) is 4.79 Å². The van der Waals surface area contributed by atoms with E-state index in [0.29, 0.717) is 6.42 Å². The monoisotopic (exact) mass is 436 g/mol. The van der Waals surface area contributed by atoms with E-state index in [4.69, 9.17) is 4.74 Å². The molecule has 32 heavy (non-hydrogen) atoms. The Morgan fingerprint density at radius 2 is 1.34 bits per heavy atom. The normalized spacial score (nSPS) is 18.7. The van der Waals surface area contributed by atoms with E-state index in [-0.39, 0.29) is 11.9 Å². The Bertz CT molecular complexity index is 764. The molecule has 1 amide bonds. The van der Waals surface area contributed by atoms with Crippen LogP contribution in [-0.2, 0) is 9.53 Å². The van der Waals surface area contributed by atoms with Crippen LogP contribution in [0.4, 0.5) is 0 Å². The minimum Gasteiger partial charge on any atom is -0.379 e. The van der Waals surface area contributed by atoms with Crippen LogP contribution in [0.5, 0.6) is 0 Å². The van der Waals surface area contributed by atoms with E-state index >= 15 is 0 Å². The number of amides is 1. The van der Waals surface area contributed by atoms with Crippen molar-refractivity contribution in [3.05, 3.63) is 71.8 Å². The van der Waals surface area contributed by atoms with Gasteiger partial charge < -0.3 is 15.0 Å². The van der Waals surface area contributed by atoms with Crippen molar-refractivity contribution >= 4 is 5.91 Å². The molecule has 172 valence electrons. The number of ether oxygens (including phenoxy) is 1. The molecule has 0 aliphatic carbocycles. The Labute approximate surface area is 192 Å². The van der Waals surface area contributed by atoms with Crippen LogP contribution in [0, 0.1) is 0 Å². The Balaban J connectivity index is 1.22. The maximum atomic E-state index is 12.3. The first-order valence-corrected chi connectivity index (χ1v) is 11.9. The third kappa shape index (κ3) is 6.62. The number of benzene rings is 2. The molecule has 6 nitrogen and oxygen atoms in total. The van der Waals surface area contributed by atoms with E-state index in [0.717, 1.165) is 72.1 Å². The van der Waals surface area contributed by atoms with Crippen LogP contribution >= 0.6 is 0 Å². The number of piperazine rings is 1. The fraction of sp³-hybridized carbons (Fsp3) is 0.500. The Hall–Kier alpha value is -2.25. The molecule has 2 heterocycles. The van der Waals surface area contributed by atoms with E-state index in [1.54, 1.807) is 0 Å². The van der Waals surface area contributed by atoms with Crippen LogP contribution < -0.4 is 5.32 Å². The molecule has 0 saturated carbocycles. The van der Waals surface area contributed by atoms with Gasteiger partial charge in [-0.05, 0) is 11.1 Å². The molecular weight excluding hydrogens is 400 g/mol. The molecule has 2 aliphatic rings. The zero-order chi connectivity index (χ0) is 22.0. The average molecular weight is 437 g/mol. The highest BCUT2D eigenvalue weighted by molar-refractivity contribution is 5.76. The van der Waals surface area contributed by atoms with Crippen LogP contribution in [0.25, 0.3) is 0 Å². The summed E-state index contributed by atoms with van der Waals surface area (Å²) in [5.74, 6) is 0.159. The number of hydrogen-bond acceptors (Lipinski definition) is 5. The summed E-state index contributed by atoms with van der Waals surface area (Å²) in [4.78, 5) is 19.6. The van der Waals surface area contributed by atoms with Gasteiger partial charge in [0.1, 0.15) is 0 Å². The quantitative estimate of drug-likeness (QED) is 0.653. The summed E-state index contributed by atoms with van der Waals surface area (Å²) in [6.45, 7) is 10.0. The highest BCUT2D eigenvalue weighted by Crippen LogP contribution is 2.29. The Kier molecular flexibility index (Phi) is 8.68. The van der Waals surface area contributed by atoms with Crippen LogP contribution in [-0.4, -0.2) is 92.7 Å². The number of carbonyl (C=O) groups is 1. The number of nitrogens with one attached hydrogen (secondary N) is 1. The zero-order valence-electron chi connectivity index (χ0n) is 19.0. The predicted molar refractivity (Wildman–Crippen MR) is 128 cm³/mol. The van der Waals surface area contributed by atoms with Gasteiger partial charge in [-0.25, -0.2) is 0 Å². The number of rotatable bonds is 9. The van der Waals surface area contributed by atoms with Crippen molar-refractivity contribution < 1.29 is 9.53 Å². The van der Waals surface area contributed by atoms with Crippen LogP contribution in [0.3, 0.4) is 0 Å². The zero-order valence-corrected chi connectivity index (χ0v) is 19.0. The fourth-order valence-electron chi connectivity index (χ4n) is 4.66. The molecule has 0 atom stereocenters. The first-order chi connectivity index (χ1) is 15.8. The maximum Gasteiger partial charge on any atom is 0.221 e. The van der Waals surface area contributed by atoms with Gasteiger partial charge in [-0.3, -0.25) is 14.6 Å². The number of carbonyl (C=O) groups excluding carboxylic acids is 1. The van der Waals surface area contributed by atoms with Gasteiger partial charge in [0.2, 0.25) is 5.91 Å². The molecule has 2 aromatic rings. The van der Waals surface area contributed by atoms with Crippen molar-refractivity contribution in [3.63, 3.8) is 0 Å². The van der Waals surface area contributed by atoms with Gasteiger partial charge in [-0.2, -0.15) is 0 Å². The minimum atomic E-state index is 0.159. The minimum absolute atomic E-state index is 0.159. The molecule has 2 aliphatic heterocycles. The third-order valence-corrected chi connectivity index (χ3v) is 6.51. The number of morpholine rings is 1. The third-order valence-electron chi connectivity index (χ3n) is 6.51. The Morgan fingerprint density at radius 1 is 0.781 bits per heavy atom. The molecule has 0 aromatic heterocycles. The molecule has 0 bridgehead atoms. The highest BCUT2D eigenvalue weighted by atomic mass is 16.5. The summed E-state index contributed by atoms with van der Waals surface area (Å²) >= 11 is 0. The molecule has 0 radical (unpaired) electrons. The average Bonchev–Trinajstić information content (AvgIpc) is 2.86. The van der Waals surface area contributed by atoms with Crippen molar-refractivity contribution in [2.45, 2.75) is 12.5 Å². The molecule has 2 saturated heterocycles. The standard InChI is InChI=1S/C26H36N4O2/c31-25(27-12-14-29-19-21-32-22-20-29)11-13-28-15-17-30(18-16-28)26(23-7-3-1-4-8-23)24-9-5-2-6-10-24/h1-10,26H,11-22H2,(H,27,31). The van der Waals surface area contributed by atoms with Gasteiger partial charge in [0.15, 0.2) is 0 Å². The summed E-state index contributed by atoms with van der Waals surface area (Å²) in [5.41, 5.74) is 2.68. The second-order valence-electron chi connectivity index (χ2n) is 8.66. The van der Waals surface area contributed by atoms with Gasteiger partial charge in [-0.15, -0.1) is 0 Å². The van der Waals surface area contributed by atoms with Crippen LogP contribution in [0.15, 0.2) is 60.7 Å². The molecule has 1 N–H and O–H groups in total. The van der Waals surface area contributed by atoms with Crippen LogP contribution in [0.2, 0.25) is 0 Å². The topological polar surface area (TPSA) is 48.1 Å². The van der Waals surface area contributed by atoms with E-state index in [1.165, 1.54) is 11.1 Å². The van der Waals surface area contributed by atoms with Gasteiger partial charge >= 0.3 is 0 Å². The lowest BCUT2D eigenvalue weighted by Crippen LogP contribution is -2.48. The Morgan fingerprint density at radius 3 is 1.94 bits per heavy atom.